The highest BCUT2D eigenvalue weighted by molar-refractivity contribution is 6.17. The van der Waals surface area contributed by atoms with Crippen molar-refractivity contribution in [2.24, 2.45) is 5.92 Å². The first-order chi connectivity index (χ1) is 7.97. The molecule has 1 rings (SSSR count). The maximum absolute atomic E-state index is 11.9. The van der Waals surface area contributed by atoms with E-state index in [-0.39, 0.29) is 26.1 Å². The molecule has 6 heteroatoms. The molecule has 17 heavy (non-hydrogen) atoms. The zero-order chi connectivity index (χ0) is 13.0. The van der Waals surface area contributed by atoms with Crippen LogP contribution < -0.4 is 0 Å². The van der Waals surface area contributed by atoms with Gasteiger partial charge < -0.3 is 14.7 Å². The van der Waals surface area contributed by atoms with E-state index in [2.05, 4.69) is 0 Å². The van der Waals surface area contributed by atoms with Gasteiger partial charge in [-0.05, 0) is 13.8 Å². The van der Waals surface area contributed by atoms with Gasteiger partial charge in [0.2, 0.25) is 5.91 Å². The van der Waals surface area contributed by atoms with Crippen LogP contribution in [-0.4, -0.2) is 53.5 Å². The van der Waals surface area contributed by atoms with Gasteiger partial charge in [0.25, 0.3) is 0 Å². The van der Waals surface area contributed by atoms with Crippen LogP contribution in [-0.2, 0) is 19.1 Å². The Bertz CT molecular complexity index is 326. The number of ether oxygens (including phenoxy) is 1. The number of amides is 1. The number of nitrogens with zero attached hydrogens (tertiary/aromatic N) is 1. The molecule has 1 aliphatic heterocycles. The van der Waals surface area contributed by atoms with Gasteiger partial charge in [0.15, 0.2) is 11.7 Å². The molecular formula is C11H17NO5. The largest absolute Gasteiger partial charge is 0.465 e. The van der Waals surface area contributed by atoms with Crippen molar-refractivity contribution in [3.8, 4) is 0 Å². The molecule has 0 radical (unpaired) electrons. The zero-order valence-electron chi connectivity index (χ0n) is 10.0. The van der Waals surface area contributed by atoms with Gasteiger partial charge in [-0.3, -0.25) is 14.4 Å². The number of rotatable bonds is 4. The highest BCUT2D eigenvalue weighted by atomic mass is 16.5. The molecule has 1 saturated heterocycles. The maximum atomic E-state index is 11.9. The van der Waals surface area contributed by atoms with Crippen LogP contribution in [0.4, 0.5) is 0 Å². The van der Waals surface area contributed by atoms with E-state index >= 15 is 0 Å². The smallest absolute Gasteiger partial charge is 0.326 e. The van der Waals surface area contributed by atoms with Crippen molar-refractivity contribution in [3.05, 3.63) is 0 Å². The zero-order valence-corrected chi connectivity index (χ0v) is 10.0. The minimum absolute atomic E-state index is 0.127. The van der Waals surface area contributed by atoms with Crippen molar-refractivity contribution in [2.45, 2.75) is 26.4 Å². The molecule has 1 N–H and O–H groups in total. The Morgan fingerprint density at radius 2 is 2.24 bits per heavy atom. The summed E-state index contributed by atoms with van der Waals surface area (Å²) < 4.78 is 4.71. The molecular weight excluding hydrogens is 226 g/mol. The second kappa shape index (κ2) is 5.77. The molecule has 96 valence electrons. The third-order valence-electron chi connectivity index (χ3n) is 2.52. The summed E-state index contributed by atoms with van der Waals surface area (Å²) in [7, 11) is 0. The van der Waals surface area contributed by atoms with Gasteiger partial charge >= 0.3 is 5.97 Å². The lowest BCUT2D eigenvalue weighted by Crippen LogP contribution is -2.51. The molecule has 1 fully saturated rings. The molecule has 6 nitrogen and oxygen atoms in total. The Morgan fingerprint density at radius 1 is 1.59 bits per heavy atom. The SMILES string of the molecule is CCOC(=O)C1C(=O)CCN(CC(C)O)C1=O. The second-order valence-corrected chi connectivity index (χ2v) is 4.03. The quantitative estimate of drug-likeness (QED) is 0.524. The predicted molar refractivity (Wildman–Crippen MR) is 58.0 cm³/mol. The van der Waals surface area contributed by atoms with Gasteiger partial charge in [-0.15, -0.1) is 0 Å². The van der Waals surface area contributed by atoms with Crippen LogP contribution in [0.25, 0.3) is 0 Å². The molecule has 0 aliphatic carbocycles. The Balaban J connectivity index is 2.76. The maximum Gasteiger partial charge on any atom is 0.326 e. The van der Waals surface area contributed by atoms with Crippen LogP contribution in [0.2, 0.25) is 0 Å². The number of β-amino-alcohol motifs (C(OH)–C–C–N with tert-alkyl or cyclic N) is 1. The Hall–Kier alpha value is -1.43. The minimum atomic E-state index is -1.34. The van der Waals surface area contributed by atoms with Gasteiger partial charge in [0.05, 0.1) is 12.7 Å². The molecule has 2 unspecified atom stereocenters. The van der Waals surface area contributed by atoms with Gasteiger partial charge in [0, 0.05) is 19.5 Å². The fourth-order valence-electron chi connectivity index (χ4n) is 1.78. The number of likely N-dealkylation sites (tertiary alicyclic amines) is 1. The lowest BCUT2D eigenvalue weighted by molar-refractivity contribution is -0.161. The molecule has 0 aromatic heterocycles. The third kappa shape index (κ3) is 3.26. The Kier molecular flexibility index (Phi) is 4.62. The van der Waals surface area contributed by atoms with Gasteiger partial charge in [-0.2, -0.15) is 0 Å². The van der Waals surface area contributed by atoms with E-state index in [1.54, 1.807) is 13.8 Å². The standard InChI is InChI=1S/C11H17NO5/c1-3-17-11(16)9-8(14)4-5-12(10(9)15)6-7(2)13/h7,9,13H,3-6H2,1-2H3. The molecule has 0 aromatic carbocycles. The van der Waals surface area contributed by atoms with Crippen LogP contribution >= 0.6 is 0 Å². The highest BCUT2D eigenvalue weighted by Crippen LogP contribution is 2.16. The lowest BCUT2D eigenvalue weighted by Gasteiger charge is -2.31. The number of carbonyl (C=O) groups excluding carboxylic acids is 3. The van der Waals surface area contributed by atoms with E-state index in [1.807, 2.05) is 0 Å². The predicted octanol–water partition coefficient (Wildman–Crippen LogP) is -0.652. The summed E-state index contributed by atoms with van der Waals surface area (Å²) in [6.45, 7) is 3.67. The molecule has 1 aliphatic rings. The number of hydrogen-bond acceptors (Lipinski definition) is 5. The number of Topliss-reactive ketones (excluding diaryl/α,β-unsaturated/α-hetero) is 1. The molecule has 2 atom stereocenters. The summed E-state index contributed by atoms with van der Waals surface area (Å²) in [6.07, 6.45) is -0.558. The van der Waals surface area contributed by atoms with Crippen molar-refractivity contribution in [3.63, 3.8) is 0 Å². The topological polar surface area (TPSA) is 83.9 Å². The summed E-state index contributed by atoms with van der Waals surface area (Å²) in [5.41, 5.74) is 0. The number of aliphatic hydroxyl groups is 1. The van der Waals surface area contributed by atoms with E-state index in [0.29, 0.717) is 0 Å². The Labute approximate surface area is 99.5 Å². The first kappa shape index (κ1) is 13.6. The van der Waals surface area contributed by atoms with Crippen LogP contribution in [0.1, 0.15) is 20.3 Å². The van der Waals surface area contributed by atoms with E-state index in [9.17, 15) is 19.5 Å². The van der Waals surface area contributed by atoms with Crippen molar-refractivity contribution >= 4 is 17.7 Å². The van der Waals surface area contributed by atoms with Crippen LogP contribution in [0, 0.1) is 5.92 Å². The monoisotopic (exact) mass is 243 g/mol. The van der Waals surface area contributed by atoms with Gasteiger partial charge in [-0.1, -0.05) is 0 Å². The number of piperidine rings is 1. The highest BCUT2D eigenvalue weighted by Gasteiger charge is 2.41. The van der Waals surface area contributed by atoms with Gasteiger partial charge in [0.1, 0.15) is 0 Å². The van der Waals surface area contributed by atoms with E-state index in [4.69, 9.17) is 4.74 Å². The first-order valence-corrected chi connectivity index (χ1v) is 5.63. The fourth-order valence-corrected chi connectivity index (χ4v) is 1.78. The van der Waals surface area contributed by atoms with E-state index in [1.165, 1.54) is 4.90 Å². The van der Waals surface area contributed by atoms with E-state index < -0.39 is 29.7 Å². The normalized spacial score (nSPS) is 22.5. The second-order valence-electron chi connectivity index (χ2n) is 4.03. The molecule has 1 amide bonds. The summed E-state index contributed by atoms with van der Waals surface area (Å²) in [4.78, 5) is 36.2. The van der Waals surface area contributed by atoms with Crippen molar-refractivity contribution < 1.29 is 24.2 Å². The molecule has 0 saturated carbocycles. The molecule has 0 spiro atoms. The third-order valence-corrected chi connectivity index (χ3v) is 2.52. The van der Waals surface area contributed by atoms with Gasteiger partial charge in [-0.25, -0.2) is 0 Å². The number of ketones is 1. The number of carbonyl (C=O) groups is 3. The summed E-state index contributed by atoms with van der Waals surface area (Å²) in [6, 6.07) is 0. The average Bonchev–Trinajstić information content (AvgIpc) is 2.22. The summed E-state index contributed by atoms with van der Waals surface area (Å²) >= 11 is 0. The number of esters is 1. The number of hydrogen-bond donors (Lipinski definition) is 1. The molecule has 1 heterocycles. The summed E-state index contributed by atoms with van der Waals surface area (Å²) in [5.74, 6) is -3.11. The molecule has 0 bridgehead atoms. The van der Waals surface area contributed by atoms with Crippen molar-refractivity contribution in [2.75, 3.05) is 19.7 Å². The van der Waals surface area contributed by atoms with Crippen molar-refractivity contribution in [1.29, 1.82) is 0 Å². The summed E-state index contributed by atoms with van der Waals surface area (Å²) in [5, 5.41) is 9.22. The van der Waals surface area contributed by atoms with Crippen LogP contribution in [0.15, 0.2) is 0 Å². The molecule has 0 aromatic rings. The first-order valence-electron chi connectivity index (χ1n) is 5.63. The fraction of sp³-hybridized carbons (Fsp3) is 0.727. The van der Waals surface area contributed by atoms with Crippen LogP contribution in [0.5, 0.6) is 0 Å². The van der Waals surface area contributed by atoms with Crippen molar-refractivity contribution in [1.82, 2.24) is 4.90 Å². The number of aliphatic hydroxyl groups excluding tert-OH is 1. The van der Waals surface area contributed by atoms with E-state index in [0.717, 1.165) is 0 Å². The Morgan fingerprint density at radius 3 is 2.76 bits per heavy atom. The average molecular weight is 243 g/mol. The lowest BCUT2D eigenvalue weighted by atomic mass is 9.95. The minimum Gasteiger partial charge on any atom is -0.465 e. The van der Waals surface area contributed by atoms with Crippen LogP contribution in [0.3, 0.4) is 0 Å².